The molecule has 5 nitrogen and oxygen atoms in total. The third-order valence-corrected chi connectivity index (χ3v) is 2.15. The molecule has 2 heterocycles. The highest BCUT2D eigenvalue weighted by Gasteiger charge is 2.02. The highest BCUT2D eigenvalue weighted by molar-refractivity contribution is 5.86. The van der Waals surface area contributed by atoms with E-state index in [1.54, 1.807) is 18.6 Å². The largest absolute Gasteiger partial charge is 0.295 e. The number of aromatic nitrogens is 3. The summed E-state index contributed by atoms with van der Waals surface area (Å²) in [6, 6.07) is 3.89. The van der Waals surface area contributed by atoms with Crippen LogP contribution in [0.4, 0.5) is 5.95 Å². The minimum absolute atomic E-state index is 0.189. The first-order valence-electron chi connectivity index (χ1n) is 5.18. The van der Waals surface area contributed by atoms with Gasteiger partial charge in [-0.2, -0.15) is 0 Å². The van der Waals surface area contributed by atoms with Gasteiger partial charge in [0.2, 0.25) is 11.9 Å². The van der Waals surface area contributed by atoms with Gasteiger partial charge in [0.1, 0.15) is 0 Å². The van der Waals surface area contributed by atoms with Crippen molar-refractivity contribution in [2.75, 3.05) is 5.32 Å². The minimum atomic E-state index is -0.189. The predicted molar refractivity (Wildman–Crippen MR) is 64.3 cm³/mol. The Morgan fingerprint density at radius 2 is 1.82 bits per heavy atom. The molecule has 0 aliphatic rings. The van der Waals surface area contributed by atoms with Crippen molar-refractivity contribution in [3.05, 3.63) is 36.3 Å². The molecular formula is C12H12N4O. The molecule has 2 aromatic rings. The molecule has 0 saturated carbocycles. The average molecular weight is 228 g/mol. The van der Waals surface area contributed by atoms with E-state index in [0.29, 0.717) is 5.95 Å². The van der Waals surface area contributed by atoms with Crippen LogP contribution in [0.15, 0.2) is 30.7 Å². The van der Waals surface area contributed by atoms with Crippen molar-refractivity contribution in [1.82, 2.24) is 15.0 Å². The molecule has 0 unspecified atom stereocenters. The van der Waals surface area contributed by atoms with Gasteiger partial charge >= 0.3 is 0 Å². The summed E-state index contributed by atoms with van der Waals surface area (Å²) in [6.07, 6.45) is 5.06. The highest BCUT2D eigenvalue weighted by Crippen LogP contribution is 2.15. The first kappa shape index (κ1) is 11.2. The van der Waals surface area contributed by atoms with Gasteiger partial charge in [0.05, 0.1) is 5.69 Å². The van der Waals surface area contributed by atoms with Crippen molar-refractivity contribution >= 4 is 11.9 Å². The normalized spacial score (nSPS) is 10.0. The maximum Gasteiger partial charge on any atom is 0.229 e. The van der Waals surface area contributed by atoms with Gasteiger partial charge in [-0.25, -0.2) is 9.97 Å². The Kier molecular flexibility index (Phi) is 3.09. The second kappa shape index (κ2) is 4.69. The molecule has 0 aliphatic carbocycles. The first-order valence-corrected chi connectivity index (χ1v) is 5.18. The first-order chi connectivity index (χ1) is 8.15. The summed E-state index contributed by atoms with van der Waals surface area (Å²) in [5, 5.41) is 2.51. The molecule has 86 valence electrons. The van der Waals surface area contributed by atoms with Gasteiger partial charge in [0, 0.05) is 31.1 Å². The Hall–Kier alpha value is -2.30. The van der Waals surface area contributed by atoms with Crippen molar-refractivity contribution in [2.45, 2.75) is 13.8 Å². The molecule has 17 heavy (non-hydrogen) atoms. The lowest BCUT2D eigenvalue weighted by Gasteiger charge is -2.02. The molecule has 0 radical (unpaired) electrons. The van der Waals surface area contributed by atoms with Gasteiger partial charge in [-0.1, -0.05) is 6.07 Å². The Morgan fingerprint density at radius 1 is 1.12 bits per heavy atom. The van der Waals surface area contributed by atoms with Crippen LogP contribution in [0.3, 0.4) is 0 Å². The van der Waals surface area contributed by atoms with Crippen LogP contribution in [-0.2, 0) is 4.79 Å². The van der Waals surface area contributed by atoms with Crippen molar-refractivity contribution in [3.63, 3.8) is 0 Å². The second-order valence-electron chi connectivity index (χ2n) is 3.70. The van der Waals surface area contributed by atoms with Gasteiger partial charge in [-0.3, -0.25) is 15.1 Å². The summed E-state index contributed by atoms with van der Waals surface area (Å²) in [6.45, 7) is 3.39. The second-order valence-corrected chi connectivity index (χ2v) is 3.70. The van der Waals surface area contributed by atoms with Crippen LogP contribution in [0, 0.1) is 6.92 Å². The predicted octanol–water partition coefficient (Wildman–Crippen LogP) is 1.81. The molecule has 1 N–H and O–H groups in total. The molecular weight excluding hydrogens is 216 g/mol. The van der Waals surface area contributed by atoms with E-state index < -0.39 is 0 Å². The Morgan fingerprint density at radius 3 is 2.35 bits per heavy atom. The van der Waals surface area contributed by atoms with E-state index in [1.807, 2.05) is 19.1 Å². The van der Waals surface area contributed by atoms with E-state index in [9.17, 15) is 4.79 Å². The zero-order chi connectivity index (χ0) is 12.3. The molecule has 0 fully saturated rings. The number of nitrogens with one attached hydrogen (secondary N) is 1. The number of amides is 1. The average Bonchev–Trinajstić information content (AvgIpc) is 2.30. The summed E-state index contributed by atoms with van der Waals surface area (Å²) < 4.78 is 0. The zero-order valence-electron chi connectivity index (χ0n) is 9.64. The van der Waals surface area contributed by atoms with Crippen molar-refractivity contribution in [1.29, 1.82) is 0 Å². The van der Waals surface area contributed by atoms with E-state index >= 15 is 0 Å². The lowest BCUT2D eigenvalue weighted by molar-refractivity contribution is -0.114. The Labute approximate surface area is 99.0 Å². The molecule has 0 bridgehead atoms. The van der Waals surface area contributed by atoms with Crippen molar-refractivity contribution < 1.29 is 4.79 Å². The Balaban J connectivity index is 2.23. The lowest BCUT2D eigenvalue weighted by Crippen LogP contribution is -2.08. The number of pyridine rings is 1. The number of aryl methyl sites for hydroxylation is 1. The zero-order valence-corrected chi connectivity index (χ0v) is 9.64. The summed E-state index contributed by atoms with van der Waals surface area (Å²) in [5.74, 6) is 0.111. The van der Waals surface area contributed by atoms with Crippen LogP contribution in [0.2, 0.25) is 0 Å². The quantitative estimate of drug-likeness (QED) is 0.851. The molecule has 0 saturated heterocycles. The fourth-order valence-corrected chi connectivity index (χ4v) is 1.32. The molecule has 0 aliphatic heterocycles. The summed E-state index contributed by atoms with van der Waals surface area (Å²) in [7, 11) is 0. The third kappa shape index (κ3) is 2.84. The number of hydrogen-bond donors (Lipinski definition) is 1. The molecule has 0 spiro atoms. The van der Waals surface area contributed by atoms with Crippen LogP contribution in [0.1, 0.15) is 12.5 Å². The van der Waals surface area contributed by atoms with Crippen molar-refractivity contribution in [2.24, 2.45) is 0 Å². The number of nitrogens with zero attached hydrogens (tertiary/aromatic N) is 3. The number of anilines is 1. The van der Waals surface area contributed by atoms with Crippen LogP contribution in [0.5, 0.6) is 0 Å². The third-order valence-electron chi connectivity index (χ3n) is 2.15. The number of carbonyl (C=O) groups is 1. The van der Waals surface area contributed by atoms with E-state index in [2.05, 4.69) is 20.3 Å². The monoisotopic (exact) mass is 228 g/mol. The fraction of sp³-hybridized carbons (Fsp3) is 0.167. The van der Waals surface area contributed by atoms with E-state index in [0.717, 1.165) is 16.8 Å². The van der Waals surface area contributed by atoms with E-state index in [1.165, 1.54) is 6.92 Å². The molecule has 2 rings (SSSR count). The number of hydrogen-bond acceptors (Lipinski definition) is 4. The molecule has 2 aromatic heterocycles. The van der Waals surface area contributed by atoms with Crippen LogP contribution < -0.4 is 5.32 Å². The minimum Gasteiger partial charge on any atom is -0.295 e. The van der Waals surface area contributed by atoms with Gasteiger partial charge in [0.15, 0.2) is 0 Å². The van der Waals surface area contributed by atoms with Gasteiger partial charge < -0.3 is 0 Å². The molecule has 1 amide bonds. The molecule has 0 aromatic carbocycles. The van der Waals surface area contributed by atoms with E-state index in [4.69, 9.17) is 0 Å². The smallest absolute Gasteiger partial charge is 0.229 e. The number of rotatable bonds is 2. The van der Waals surface area contributed by atoms with Gasteiger partial charge in [0.25, 0.3) is 0 Å². The van der Waals surface area contributed by atoms with Crippen molar-refractivity contribution in [3.8, 4) is 11.3 Å². The van der Waals surface area contributed by atoms with Crippen LogP contribution in [0.25, 0.3) is 11.3 Å². The summed E-state index contributed by atoms with van der Waals surface area (Å²) in [5.41, 5.74) is 2.73. The SMILES string of the molecule is CC(=O)Nc1ncc(-c2ccc(C)cn2)cn1. The lowest BCUT2D eigenvalue weighted by atomic mass is 10.2. The van der Waals surface area contributed by atoms with Crippen LogP contribution >= 0.6 is 0 Å². The van der Waals surface area contributed by atoms with E-state index in [-0.39, 0.29) is 5.91 Å². The van der Waals surface area contributed by atoms with Gasteiger partial charge in [-0.15, -0.1) is 0 Å². The number of carbonyl (C=O) groups excluding carboxylic acids is 1. The maximum absolute atomic E-state index is 10.8. The summed E-state index contributed by atoms with van der Waals surface area (Å²) in [4.78, 5) is 23.1. The molecule has 5 heteroatoms. The van der Waals surface area contributed by atoms with Gasteiger partial charge in [-0.05, 0) is 18.6 Å². The fourth-order valence-electron chi connectivity index (χ4n) is 1.32. The highest BCUT2D eigenvalue weighted by atomic mass is 16.1. The Bertz CT molecular complexity index is 519. The standard InChI is InChI=1S/C12H12N4O/c1-8-3-4-11(13-5-8)10-6-14-12(15-7-10)16-9(2)17/h3-7H,1-2H3,(H,14,15,16,17). The molecule has 0 atom stereocenters. The van der Waals surface area contributed by atoms with Crippen LogP contribution in [-0.4, -0.2) is 20.9 Å². The topological polar surface area (TPSA) is 67.8 Å². The summed E-state index contributed by atoms with van der Waals surface area (Å²) >= 11 is 0. The maximum atomic E-state index is 10.8.